The van der Waals surface area contributed by atoms with E-state index >= 15 is 0 Å². The fourth-order valence-corrected chi connectivity index (χ4v) is 2.36. The van der Waals surface area contributed by atoms with Gasteiger partial charge in [0.15, 0.2) is 0 Å². The van der Waals surface area contributed by atoms with Crippen LogP contribution in [0.1, 0.15) is 5.56 Å². The van der Waals surface area contributed by atoms with Gasteiger partial charge < -0.3 is 19.5 Å². The number of ether oxygens (including phenoxy) is 3. The second kappa shape index (κ2) is 7.17. The summed E-state index contributed by atoms with van der Waals surface area (Å²) in [5, 5.41) is 3.28. The molecule has 1 atom stereocenters. The third-order valence-electron chi connectivity index (χ3n) is 3.23. The van der Waals surface area contributed by atoms with Crippen LogP contribution in [0.3, 0.4) is 0 Å². The molecule has 110 valence electrons. The summed E-state index contributed by atoms with van der Waals surface area (Å²) in [6, 6.07) is 7.84. The van der Waals surface area contributed by atoms with Crippen LogP contribution in [0.5, 0.6) is 0 Å². The van der Waals surface area contributed by atoms with E-state index in [4.69, 9.17) is 9.47 Å². The lowest BCUT2D eigenvalue weighted by Crippen LogP contribution is -2.43. The Hall–Kier alpha value is -0.950. The van der Waals surface area contributed by atoms with Crippen LogP contribution in [0.15, 0.2) is 28.7 Å². The number of hydrogen-bond acceptors (Lipinski definition) is 5. The van der Waals surface area contributed by atoms with Crippen molar-refractivity contribution in [3.05, 3.63) is 34.3 Å². The molecule has 0 aromatic heterocycles. The third kappa shape index (κ3) is 3.79. The van der Waals surface area contributed by atoms with Crippen molar-refractivity contribution in [2.24, 2.45) is 0 Å². The number of halogens is 1. The molecule has 1 aromatic carbocycles. The Kier molecular flexibility index (Phi) is 5.54. The molecule has 1 unspecified atom stereocenters. The summed E-state index contributed by atoms with van der Waals surface area (Å²) >= 11 is 3.41. The molecule has 1 N–H and O–H groups in total. The summed E-state index contributed by atoms with van der Waals surface area (Å²) < 4.78 is 17.1. The number of carbonyl (C=O) groups excluding carboxylic acids is 1. The molecule has 1 aliphatic heterocycles. The Morgan fingerprint density at radius 1 is 1.45 bits per heavy atom. The van der Waals surface area contributed by atoms with E-state index in [1.54, 1.807) is 0 Å². The lowest BCUT2D eigenvalue weighted by Gasteiger charge is -2.32. The molecule has 1 aliphatic rings. The lowest BCUT2D eigenvalue weighted by molar-refractivity contribution is -0.157. The van der Waals surface area contributed by atoms with Crippen LogP contribution in [0, 0.1) is 0 Å². The second-order valence-corrected chi connectivity index (χ2v) is 5.51. The average Bonchev–Trinajstić information content (AvgIpc) is 2.72. The number of esters is 1. The van der Waals surface area contributed by atoms with Gasteiger partial charge in [0, 0.05) is 17.6 Å². The van der Waals surface area contributed by atoms with Crippen LogP contribution in [0.4, 0.5) is 0 Å². The van der Waals surface area contributed by atoms with Crippen molar-refractivity contribution in [2.45, 2.75) is 5.60 Å². The highest BCUT2D eigenvalue weighted by atomic mass is 79.9. The minimum absolute atomic E-state index is 0.0996. The molecule has 0 radical (unpaired) electrons. The fourth-order valence-electron chi connectivity index (χ4n) is 2.09. The van der Waals surface area contributed by atoms with E-state index in [-0.39, 0.29) is 6.61 Å². The molecule has 1 heterocycles. The van der Waals surface area contributed by atoms with Crippen molar-refractivity contribution in [1.82, 2.24) is 5.32 Å². The molecular weight excluding hydrogens is 326 g/mol. The number of nitrogens with one attached hydrogen (secondary N) is 1. The Morgan fingerprint density at radius 3 is 2.90 bits per heavy atom. The van der Waals surface area contributed by atoms with Gasteiger partial charge in [0.05, 0.1) is 20.3 Å². The summed E-state index contributed by atoms with van der Waals surface area (Å²) in [7, 11) is 1.35. The minimum atomic E-state index is -0.675. The average molecular weight is 344 g/mol. The van der Waals surface area contributed by atoms with E-state index in [0.29, 0.717) is 19.8 Å². The first-order chi connectivity index (χ1) is 9.66. The predicted molar refractivity (Wildman–Crippen MR) is 77.5 cm³/mol. The lowest BCUT2D eigenvalue weighted by atomic mass is 9.94. The first-order valence-corrected chi connectivity index (χ1v) is 7.21. The van der Waals surface area contributed by atoms with Crippen molar-refractivity contribution >= 4 is 21.9 Å². The van der Waals surface area contributed by atoms with Crippen molar-refractivity contribution in [2.75, 3.05) is 40.0 Å². The molecule has 6 heteroatoms. The number of benzene rings is 1. The second-order valence-electron chi connectivity index (χ2n) is 4.60. The topological polar surface area (TPSA) is 56.8 Å². The smallest absolute Gasteiger partial charge is 0.331 e. The summed E-state index contributed by atoms with van der Waals surface area (Å²) in [6.07, 6.45) is 0. The minimum Gasteiger partial charge on any atom is -0.467 e. The van der Waals surface area contributed by atoms with Gasteiger partial charge in [-0.1, -0.05) is 28.1 Å². The Balaban J connectivity index is 2.22. The molecule has 0 saturated carbocycles. The zero-order valence-corrected chi connectivity index (χ0v) is 12.9. The largest absolute Gasteiger partial charge is 0.467 e. The normalized spacial score (nSPS) is 23.1. The SMILES string of the molecule is COC(=O)COC1(c2ccc(Br)cc2)CNCCOC1. The maximum atomic E-state index is 11.4. The van der Waals surface area contributed by atoms with Gasteiger partial charge in [-0.3, -0.25) is 0 Å². The van der Waals surface area contributed by atoms with Gasteiger partial charge in [0.1, 0.15) is 12.2 Å². The van der Waals surface area contributed by atoms with Crippen LogP contribution in [0.2, 0.25) is 0 Å². The maximum absolute atomic E-state index is 11.4. The van der Waals surface area contributed by atoms with Crippen LogP contribution in [-0.4, -0.2) is 46.0 Å². The van der Waals surface area contributed by atoms with Crippen molar-refractivity contribution in [3.63, 3.8) is 0 Å². The maximum Gasteiger partial charge on any atom is 0.331 e. The van der Waals surface area contributed by atoms with Crippen molar-refractivity contribution in [1.29, 1.82) is 0 Å². The van der Waals surface area contributed by atoms with Gasteiger partial charge in [-0.15, -0.1) is 0 Å². The Morgan fingerprint density at radius 2 is 2.20 bits per heavy atom. The number of rotatable bonds is 4. The molecule has 1 aromatic rings. The van der Waals surface area contributed by atoms with Gasteiger partial charge in [0.25, 0.3) is 0 Å². The third-order valence-corrected chi connectivity index (χ3v) is 3.76. The summed E-state index contributed by atoms with van der Waals surface area (Å²) in [5.41, 5.74) is 0.296. The van der Waals surface area contributed by atoms with E-state index < -0.39 is 11.6 Å². The van der Waals surface area contributed by atoms with Crippen LogP contribution < -0.4 is 5.32 Å². The molecule has 0 spiro atoms. The van der Waals surface area contributed by atoms with E-state index in [2.05, 4.69) is 26.0 Å². The summed E-state index contributed by atoms with van der Waals surface area (Å²) in [6.45, 7) is 2.28. The van der Waals surface area contributed by atoms with Gasteiger partial charge in [0.2, 0.25) is 0 Å². The van der Waals surface area contributed by atoms with Gasteiger partial charge in [-0.2, -0.15) is 0 Å². The van der Waals surface area contributed by atoms with Gasteiger partial charge in [-0.05, 0) is 17.7 Å². The Bertz CT molecular complexity index is 441. The van der Waals surface area contributed by atoms with E-state index in [1.807, 2.05) is 24.3 Å². The number of hydrogen-bond donors (Lipinski definition) is 1. The van der Waals surface area contributed by atoms with Crippen molar-refractivity contribution < 1.29 is 19.0 Å². The zero-order valence-electron chi connectivity index (χ0n) is 11.4. The highest BCUT2D eigenvalue weighted by Gasteiger charge is 2.35. The zero-order chi connectivity index (χ0) is 14.4. The highest BCUT2D eigenvalue weighted by Crippen LogP contribution is 2.28. The predicted octanol–water partition coefficient (Wildman–Crippen LogP) is 1.45. The quantitative estimate of drug-likeness (QED) is 0.838. The Labute approximate surface area is 126 Å². The van der Waals surface area contributed by atoms with E-state index in [9.17, 15) is 4.79 Å². The van der Waals surface area contributed by atoms with E-state index in [1.165, 1.54) is 7.11 Å². The van der Waals surface area contributed by atoms with Crippen LogP contribution in [0.25, 0.3) is 0 Å². The molecule has 5 nitrogen and oxygen atoms in total. The fraction of sp³-hybridized carbons (Fsp3) is 0.500. The van der Waals surface area contributed by atoms with E-state index in [0.717, 1.165) is 16.6 Å². The van der Waals surface area contributed by atoms with Gasteiger partial charge >= 0.3 is 5.97 Å². The molecule has 0 amide bonds. The van der Waals surface area contributed by atoms with Crippen LogP contribution in [-0.2, 0) is 24.6 Å². The van der Waals surface area contributed by atoms with Crippen LogP contribution >= 0.6 is 15.9 Å². The summed E-state index contributed by atoms with van der Waals surface area (Å²) in [5.74, 6) is -0.397. The molecule has 0 aliphatic carbocycles. The molecule has 1 saturated heterocycles. The summed E-state index contributed by atoms with van der Waals surface area (Å²) in [4.78, 5) is 11.4. The highest BCUT2D eigenvalue weighted by molar-refractivity contribution is 9.10. The number of methoxy groups -OCH3 is 1. The molecule has 2 rings (SSSR count). The monoisotopic (exact) mass is 343 g/mol. The van der Waals surface area contributed by atoms with Gasteiger partial charge in [-0.25, -0.2) is 4.79 Å². The molecule has 0 bridgehead atoms. The first-order valence-electron chi connectivity index (χ1n) is 6.41. The first kappa shape index (κ1) is 15.4. The molecular formula is C14H18BrNO4. The number of carbonyl (C=O) groups is 1. The van der Waals surface area contributed by atoms with Crippen molar-refractivity contribution in [3.8, 4) is 0 Å². The standard InChI is InChI=1S/C14H18BrNO4/c1-18-13(17)8-20-14(9-16-6-7-19-10-14)11-2-4-12(15)5-3-11/h2-5,16H,6-10H2,1H3. The molecule has 1 fully saturated rings. The molecule has 20 heavy (non-hydrogen) atoms.